The van der Waals surface area contributed by atoms with Crippen LogP contribution in [0.25, 0.3) is 22.2 Å². The predicted molar refractivity (Wildman–Crippen MR) is 103 cm³/mol. The molecule has 0 radical (unpaired) electrons. The number of benzene rings is 1. The van der Waals surface area contributed by atoms with Crippen molar-refractivity contribution < 1.29 is 4.42 Å². The van der Waals surface area contributed by atoms with Crippen LogP contribution in [0, 0.1) is 0 Å². The number of hydrogen-bond donors (Lipinski definition) is 1. The largest absolute Gasteiger partial charge is 0.445 e. The second-order valence-corrected chi connectivity index (χ2v) is 6.14. The summed E-state index contributed by atoms with van der Waals surface area (Å²) >= 11 is 0. The van der Waals surface area contributed by atoms with Crippen LogP contribution < -0.4 is 10.2 Å². The van der Waals surface area contributed by atoms with E-state index >= 15 is 0 Å². The number of pyridine rings is 1. The van der Waals surface area contributed by atoms with Crippen molar-refractivity contribution in [3.8, 4) is 11.1 Å². The van der Waals surface area contributed by atoms with Gasteiger partial charge in [0.05, 0.1) is 17.6 Å². The minimum atomic E-state index is 0.561. The summed E-state index contributed by atoms with van der Waals surface area (Å²) in [6, 6.07) is 15.9. The molecule has 0 bridgehead atoms. The Labute approximate surface area is 151 Å². The second kappa shape index (κ2) is 6.84. The number of hydrogen-bond acceptors (Lipinski definition) is 6. The van der Waals surface area contributed by atoms with Crippen molar-refractivity contribution in [2.75, 3.05) is 24.3 Å². The molecule has 4 aromatic rings. The van der Waals surface area contributed by atoms with E-state index in [1.54, 1.807) is 12.5 Å². The molecule has 0 saturated carbocycles. The van der Waals surface area contributed by atoms with Gasteiger partial charge in [-0.1, -0.05) is 36.4 Å². The van der Waals surface area contributed by atoms with Crippen LogP contribution in [0.2, 0.25) is 0 Å². The van der Waals surface area contributed by atoms with Gasteiger partial charge in [0.1, 0.15) is 12.1 Å². The highest BCUT2D eigenvalue weighted by molar-refractivity contribution is 6.00. The third-order valence-corrected chi connectivity index (χ3v) is 4.07. The van der Waals surface area contributed by atoms with Crippen molar-refractivity contribution in [3.05, 3.63) is 66.7 Å². The Bertz CT molecular complexity index is 1010. The number of nitrogens with zero attached hydrogens (tertiary/aromatic N) is 4. The predicted octanol–water partition coefficient (Wildman–Crippen LogP) is 3.96. The molecule has 0 aliphatic carbocycles. The Morgan fingerprint density at radius 1 is 1.00 bits per heavy atom. The third-order valence-electron chi connectivity index (χ3n) is 4.07. The molecule has 1 aromatic carbocycles. The zero-order valence-corrected chi connectivity index (χ0v) is 14.7. The molecule has 26 heavy (non-hydrogen) atoms. The van der Waals surface area contributed by atoms with Gasteiger partial charge < -0.3 is 14.6 Å². The van der Waals surface area contributed by atoms with Gasteiger partial charge in [0.15, 0.2) is 0 Å². The molecule has 0 spiro atoms. The standard InChI is InChI=1S/C20H19N5O/c1-25(2)20-23-18(22-12-15-10-6-7-11-21-15)17-16(13-26-19(17)24-20)14-8-4-3-5-9-14/h3-11,13H,12H2,1-2H3,(H,22,23,24). The van der Waals surface area contributed by atoms with E-state index in [9.17, 15) is 0 Å². The number of nitrogens with one attached hydrogen (secondary N) is 1. The number of fused-ring (bicyclic) bond motifs is 1. The lowest BCUT2D eigenvalue weighted by atomic mass is 10.1. The first-order chi connectivity index (χ1) is 12.7. The van der Waals surface area contributed by atoms with Gasteiger partial charge in [-0.3, -0.25) is 4.98 Å². The number of furan rings is 1. The fourth-order valence-electron chi connectivity index (χ4n) is 2.77. The van der Waals surface area contributed by atoms with E-state index in [0.717, 1.165) is 28.0 Å². The van der Waals surface area contributed by atoms with E-state index in [0.29, 0.717) is 18.2 Å². The van der Waals surface area contributed by atoms with Crippen LogP contribution in [-0.4, -0.2) is 29.0 Å². The van der Waals surface area contributed by atoms with Crippen LogP contribution in [-0.2, 0) is 6.54 Å². The Balaban J connectivity index is 1.81. The van der Waals surface area contributed by atoms with Crippen molar-refractivity contribution in [1.29, 1.82) is 0 Å². The zero-order chi connectivity index (χ0) is 17.9. The molecule has 0 aliphatic rings. The summed E-state index contributed by atoms with van der Waals surface area (Å²) in [5.41, 5.74) is 3.53. The van der Waals surface area contributed by atoms with E-state index in [2.05, 4.69) is 20.3 Å². The molecular formula is C20H19N5O. The maximum atomic E-state index is 5.75. The van der Waals surface area contributed by atoms with E-state index in [-0.39, 0.29) is 0 Å². The Hall–Kier alpha value is -3.41. The lowest BCUT2D eigenvalue weighted by Crippen LogP contribution is -2.14. The van der Waals surface area contributed by atoms with Crippen LogP contribution in [0.4, 0.5) is 11.8 Å². The number of aromatic nitrogens is 3. The summed E-state index contributed by atoms with van der Waals surface area (Å²) in [7, 11) is 3.81. The van der Waals surface area contributed by atoms with Gasteiger partial charge in [-0.2, -0.15) is 9.97 Å². The topological polar surface area (TPSA) is 67.1 Å². The first-order valence-electron chi connectivity index (χ1n) is 8.38. The highest BCUT2D eigenvalue weighted by atomic mass is 16.3. The molecular weight excluding hydrogens is 326 g/mol. The quantitative estimate of drug-likeness (QED) is 0.590. The average molecular weight is 345 g/mol. The molecule has 130 valence electrons. The van der Waals surface area contributed by atoms with Gasteiger partial charge in [0.2, 0.25) is 11.7 Å². The van der Waals surface area contributed by atoms with Crippen LogP contribution in [0.15, 0.2) is 65.4 Å². The molecule has 1 N–H and O–H groups in total. The van der Waals surface area contributed by atoms with Crippen molar-refractivity contribution >= 4 is 22.9 Å². The number of anilines is 2. The van der Waals surface area contributed by atoms with Crippen molar-refractivity contribution in [2.45, 2.75) is 6.54 Å². The first-order valence-corrected chi connectivity index (χ1v) is 8.38. The summed E-state index contributed by atoms with van der Waals surface area (Å²) in [4.78, 5) is 15.4. The minimum Gasteiger partial charge on any atom is -0.445 e. The third kappa shape index (κ3) is 3.09. The molecule has 0 unspecified atom stereocenters. The molecule has 3 aromatic heterocycles. The molecule has 0 atom stereocenters. The van der Waals surface area contributed by atoms with Crippen molar-refractivity contribution in [2.24, 2.45) is 0 Å². The lowest BCUT2D eigenvalue weighted by molar-refractivity contribution is 0.603. The fourth-order valence-corrected chi connectivity index (χ4v) is 2.77. The molecule has 0 fully saturated rings. The van der Waals surface area contributed by atoms with Gasteiger partial charge >= 0.3 is 0 Å². The Morgan fingerprint density at radius 2 is 1.81 bits per heavy atom. The van der Waals surface area contributed by atoms with Crippen LogP contribution >= 0.6 is 0 Å². The zero-order valence-electron chi connectivity index (χ0n) is 14.7. The van der Waals surface area contributed by atoms with E-state index in [4.69, 9.17) is 4.42 Å². The maximum Gasteiger partial charge on any atom is 0.233 e. The second-order valence-electron chi connectivity index (χ2n) is 6.14. The summed E-state index contributed by atoms with van der Waals surface area (Å²) in [6.45, 7) is 0.569. The molecule has 0 amide bonds. The normalized spacial score (nSPS) is 10.8. The molecule has 4 rings (SSSR count). The average Bonchev–Trinajstić information content (AvgIpc) is 3.12. The van der Waals surface area contributed by atoms with Gasteiger partial charge in [-0.25, -0.2) is 0 Å². The minimum absolute atomic E-state index is 0.561. The number of rotatable bonds is 5. The van der Waals surface area contributed by atoms with E-state index < -0.39 is 0 Å². The van der Waals surface area contributed by atoms with Crippen molar-refractivity contribution in [1.82, 2.24) is 15.0 Å². The fraction of sp³-hybridized carbons (Fsp3) is 0.150. The maximum absolute atomic E-state index is 5.75. The van der Waals surface area contributed by atoms with Gasteiger partial charge in [0, 0.05) is 25.9 Å². The summed E-state index contributed by atoms with van der Waals surface area (Å²) in [5.74, 6) is 1.33. The smallest absolute Gasteiger partial charge is 0.233 e. The molecule has 6 heteroatoms. The summed E-state index contributed by atoms with van der Waals surface area (Å²) in [5, 5.41) is 4.27. The van der Waals surface area contributed by atoms with Gasteiger partial charge in [-0.15, -0.1) is 0 Å². The highest BCUT2D eigenvalue weighted by Crippen LogP contribution is 2.35. The molecule has 0 aliphatic heterocycles. The van der Waals surface area contributed by atoms with E-state index in [1.165, 1.54) is 0 Å². The molecule has 6 nitrogen and oxygen atoms in total. The van der Waals surface area contributed by atoms with Crippen LogP contribution in [0.1, 0.15) is 5.69 Å². The Kier molecular flexibility index (Phi) is 4.23. The van der Waals surface area contributed by atoms with Crippen molar-refractivity contribution in [3.63, 3.8) is 0 Å². The van der Waals surface area contributed by atoms with Crippen LogP contribution in [0.5, 0.6) is 0 Å². The monoisotopic (exact) mass is 345 g/mol. The van der Waals surface area contributed by atoms with E-state index in [1.807, 2.05) is 67.5 Å². The summed E-state index contributed by atoms with van der Waals surface area (Å²) in [6.07, 6.45) is 3.52. The molecule has 3 heterocycles. The Morgan fingerprint density at radius 3 is 2.54 bits per heavy atom. The SMILES string of the molecule is CN(C)c1nc(NCc2ccccn2)c2c(-c3ccccc3)coc2n1. The van der Waals surface area contributed by atoms with Gasteiger partial charge in [0.25, 0.3) is 0 Å². The highest BCUT2D eigenvalue weighted by Gasteiger charge is 2.17. The first kappa shape index (κ1) is 16.1. The lowest BCUT2D eigenvalue weighted by Gasteiger charge is -2.13. The molecule has 0 saturated heterocycles. The summed E-state index contributed by atoms with van der Waals surface area (Å²) < 4.78 is 5.75. The van der Waals surface area contributed by atoms with Crippen LogP contribution in [0.3, 0.4) is 0 Å². The van der Waals surface area contributed by atoms with Gasteiger partial charge in [-0.05, 0) is 17.7 Å².